The van der Waals surface area contributed by atoms with Crippen molar-refractivity contribution in [3.05, 3.63) is 42.5 Å². The second kappa shape index (κ2) is 11.3. The Morgan fingerprint density at radius 3 is 2.59 bits per heavy atom. The molecule has 150 valence electrons. The standard InChI is InChI=1S/C19H27N3O3S.HI/c1-15(11-14-26(3,23)24)22-19(20-2)21-12-13-25-18-10-6-8-16-7-4-5-9-17(16)18;/h4-10,15H,11-14H2,1-3H3,(H2,20,21,22);1H. The number of nitrogens with zero attached hydrogens (tertiary/aromatic N) is 1. The van der Waals surface area contributed by atoms with Crippen LogP contribution in [0.15, 0.2) is 47.5 Å². The predicted octanol–water partition coefficient (Wildman–Crippen LogP) is 2.82. The van der Waals surface area contributed by atoms with Gasteiger partial charge in [0.2, 0.25) is 0 Å². The maximum atomic E-state index is 11.2. The summed E-state index contributed by atoms with van der Waals surface area (Å²) in [6, 6.07) is 14.1. The fourth-order valence-electron chi connectivity index (χ4n) is 2.54. The Hall–Kier alpha value is -1.55. The Morgan fingerprint density at radius 2 is 1.89 bits per heavy atom. The topological polar surface area (TPSA) is 79.8 Å². The molecule has 0 bridgehead atoms. The lowest BCUT2D eigenvalue weighted by Crippen LogP contribution is -2.44. The van der Waals surface area contributed by atoms with Gasteiger partial charge < -0.3 is 15.4 Å². The number of sulfone groups is 1. The number of ether oxygens (including phenoxy) is 1. The van der Waals surface area contributed by atoms with E-state index in [0.29, 0.717) is 25.5 Å². The van der Waals surface area contributed by atoms with Gasteiger partial charge in [-0.25, -0.2) is 8.42 Å². The molecular weight excluding hydrogens is 477 g/mol. The molecule has 27 heavy (non-hydrogen) atoms. The summed E-state index contributed by atoms with van der Waals surface area (Å²) in [5.74, 6) is 1.64. The minimum absolute atomic E-state index is 0. The molecule has 1 atom stereocenters. The molecule has 0 aromatic heterocycles. The highest BCUT2D eigenvalue weighted by atomic mass is 127. The van der Waals surface area contributed by atoms with Crippen LogP contribution in [-0.2, 0) is 9.84 Å². The van der Waals surface area contributed by atoms with E-state index in [1.54, 1.807) is 7.05 Å². The van der Waals surface area contributed by atoms with Crippen molar-refractivity contribution in [2.75, 3.05) is 32.2 Å². The molecule has 0 fully saturated rings. The number of hydrogen-bond acceptors (Lipinski definition) is 4. The molecule has 0 aliphatic heterocycles. The smallest absolute Gasteiger partial charge is 0.191 e. The number of hydrogen-bond donors (Lipinski definition) is 2. The first-order valence-electron chi connectivity index (χ1n) is 8.64. The Balaban J connectivity index is 0.00000364. The first-order valence-corrected chi connectivity index (χ1v) is 10.7. The summed E-state index contributed by atoms with van der Waals surface area (Å²) in [7, 11) is -1.27. The lowest BCUT2D eigenvalue weighted by atomic mass is 10.1. The van der Waals surface area contributed by atoms with E-state index >= 15 is 0 Å². The van der Waals surface area contributed by atoms with Crippen molar-refractivity contribution in [2.24, 2.45) is 4.99 Å². The number of aliphatic imine (C=N–C) groups is 1. The fourth-order valence-corrected chi connectivity index (χ4v) is 3.32. The van der Waals surface area contributed by atoms with Crippen molar-refractivity contribution in [1.82, 2.24) is 10.6 Å². The summed E-state index contributed by atoms with van der Waals surface area (Å²) in [5, 5.41) is 8.60. The van der Waals surface area contributed by atoms with Gasteiger partial charge in [0, 0.05) is 24.7 Å². The molecule has 0 saturated heterocycles. The van der Waals surface area contributed by atoms with Gasteiger partial charge in [0.1, 0.15) is 22.2 Å². The Morgan fingerprint density at radius 1 is 1.19 bits per heavy atom. The number of guanidine groups is 1. The third-order valence-electron chi connectivity index (χ3n) is 3.93. The van der Waals surface area contributed by atoms with Gasteiger partial charge in [-0.05, 0) is 24.8 Å². The van der Waals surface area contributed by atoms with E-state index in [0.717, 1.165) is 16.5 Å². The van der Waals surface area contributed by atoms with Gasteiger partial charge in [0.25, 0.3) is 0 Å². The van der Waals surface area contributed by atoms with E-state index in [2.05, 4.69) is 27.8 Å². The number of benzene rings is 2. The van der Waals surface area contributed by atoms with Crippen LogP contribution in [0.3, 0.4) is 0 Å². The van der Waals surface area contributed by atoms with Crippen LogP contribution in [0.4, 0.5) is 0 Å². The van der Waals surface area contributed by atoms with E-state index in [-0.39, 0.29) is 35.8 Å². The molecule has 0 spiro atoms. The summed E-state index contributed by atoms with van der Waals surface area (Å²) in [4.78, 5) is 4.16. The summed E-state index contributed by atoms with van der Waals surface area (Å²) in [6.45, 7) is 3.01. The minimum atomic E-state index is -2.95. The Labute approximate surface area is 178 Å². The quantitative estimate of drug-likeness (QED) is 0.250. The second-order valence-electron chi connectivity index (χ2n) is 6.29. The van der Waals surface area contributed by atoms with Crippen LogP contribution in [0.25, 0.3) is 10.8 Å². The van der Waals surface area contributed by atoms with Gasteiger partial charge in [-0.1, -0.05) is 36.4 Å². The van der Waals surface area contributed by atoms with Gasteiger partial charge in [0.05, 0.1) is 12.3 Å². The average Bonchev–Trinajstić information content (AvgIpc) is 2.62. The highest BCUT2D eigenvalue weighted by Crippen LogP contribution is 2.24. The van der Waals surface area contributed by atoms with E-state index in [4.69, 9.17) is 4.74 Å². The summed E-state index contributed by atoms with van der Waals surface area (Å²) in [6.07, 6.45) is 1.78. The third-order valence-corrected chi connectivity index (χ3v) is 4.91. The molecule has 8 heteroatoms. The zero-order chi connectivity index (χ0) is 19.0. The van der Waals surface area contributed by atoms with Crippen molar-refractivity contribution in [2.45, 2.75) is 19.4 Å². The minimum Gasteiger partial charge on any atom is -0.491 e. The Kier molecular flexibility index (Phi) is 9.86. The largest absolute Gasteiger partial charge is 0.491 e. The van der Waals surface area contributed by atoms with E-state index in [9.17, 15) is 8.42 Å². The average molecular weight is 505 g/mol. The summed E-state index contributed by atoms with van der Waals surface area (Å²) >= 11 is 0. The number of halogens is 1. The zero-order valence-electron chi connectivity index (χ0n) is 15.9. The second-order valence-corrected chi connectivity index (χ2v) is 8.55. The normalized spacial score (nSPS) is 12.9. The monoisotopic (exact) mass is 505 g/mol. The molecule has 0 amide bonds. The predicted molar refractivity (Wildman–Crippen MR) is 123 cm³/mol. The zero-order valence-corrected chi connectivity index (χ0v) is 19.1. The Bertz CT molecular complexity index is 851. The van der Waals surface area contributed by atoms with Crippen LogP contribution in [0.2, 0.25) is 0 Å². The number of nitrogens with one attached hydrogen (secondary N) is 2. The highest BCUT2D eigenvalue weighted by Gasteiger charge is 2.09. The summed E-state index contributed by atoms with van der Waals surface area (Å²) < 4.78 is 28.4. The first-order chi connectivity index (χ1) is 12.4. The molecule has 0 radical (unpaired) electrons. The fraction of sp³-hybridized carbons (Fsp3) is 0.421. The van der Waals surface area contributed by atoms with Crippen LogP contribution in [0.1, 0.15) is 13.3 Å². The molecular formula is C19H28IN3O3S. The van der Waals surface area contributed by atoms with Crippen LogP contribution in [-0.4, -0.2) is 52.6 Å². The van der Waals surface area contributed by atoms with Crippen LogP contribution >= 0.6 is 24.0 Å². The van der Waals surface area contributed by atoms with Crippen molar-refractivity contribution in [1.29, 1.82) is 0 Å². The van der Waals surface area contributed by atoms with Crippen molar-refractivity contribution in [3.8, 4) is 5.75 Å². The van der Waals surface area contributed by atoms with Crippen molar-refractivity contribution in [3.63, 3.8) is 0 Å². The van der Waals surface area contributed by atoms with Crippen LogP contribution in [0, 0.1) is 0 Å². The molecule has 0 aliphatic rings. The van der Waals surface area contributed by atoms with Gasteiger partial charge in [-0.15, -0.1) is 24.0 Å². The number of fused-ring (bicyclic) bond motifs is 1. The SMILES string of the molecule is CN=C(NCCOc1cccc2ccccc12)NC(C)CCS(C)(=O)=O.I. The molecule has 0 aliphatic carbocycles. The van der Waals surface area contributed by atoms with Gasteiger partial charge in [-0.3, -0.25) is 4.99 Å². The van der Waals surface area contributed by atoms with E-state index in [1.165, 1.54) is 6.26 Å². The number of rotatable bonds is 8. The van der Waals surface area contributed by atoms with Gasteiger partial charge >= 0.3 is 0 Å². The maximum absolute atomic E-state index is 11.2. The molecule has 0 saturated carbocycles. The van der Waals surface area contributed by atoms with E-state index in [1.807, 2.05) is 37.3 Å². The highest BCUT2D eigenvalue weighted by molar-refractivity contribution is 14.0. The molecule has 2 rings (SSSR count). The van der Waals surface area contributed by atoms with E-state index < -0.39 is 9.84 Å². The third kappa shape index (κ3) is 8.34. The van der Waals surface area contributed by atoms with Crippen LogP contribution < -0.4 is 15.4 Å². The van der Waals surface area contributed by atoms with Crippen molar-refractivity contribution < 1.29 is 13.2 Å². The lowest BCUT2D eigenvalue weighted by molar-refractivity contribution is 0.325. The molecule has 2 aromatic rings. The lowest BCUT2D eigenvalue weighted by Gasteiger charge is -2.18. The van der Waals surface area contributed by atoms with Gasteiger partial charge in [-0.2, -0.15) is 0 Å². The first kappa shape index (κ1) is 23.5. The molecule has 2 aromatic carbocycles. The molecule has 1 unspecified atom stereocenters. The maximum Gasteiger partial charge on any atom is 0.191 e. The summed E-state index contributed by atoms with van der Waals surface area (Å²) in [5.41, 5.74) is 0. The molecule has 2 N–H and O–H groups in total. The molecule has 6 nitrogen and oxygen atoms in total. The van der Waals surface area contributed by atoms with Gasteiger partial charge in [0.15, 0.2) is 5.96 Å². The van der Waals surface area contributed by atoms with Crippen LogP contribution in [0.5, 0.6) is 5.75 Å². The molecule has 0 heterocycles. The van der Waals surface area contributed by atoms with Crippen molar-refractivity contribution >= 4 is 50.5 Å².